The first-order valence-electron chi connectivity index (χ1n) is 8.46. The zero-order valence-corrected chi connectivity index (χ0v) is 13.3. The summed E-state index contributed by atoms with van der Waals surface area (Å²) in [5, 5.41) is 12.2. The summed E-state index contributed by atoms with van der Waals surface area (Å²) in [6, 6.07) is 6.11. The second-order valence-electron chi connectivity index (χ2n) is 7.27. The van der Waals surface area contributed by atoms with Gasteiger partial charge in [0, 0.05) is 25.2 Å². The largest absolute Gasteiger partial charge is 0.316 e. The molecule has 2 aromatic heterocycles. The summed E-state index contributed by atoms with van der Waals surface area (Å²) < 4.78 is 2.16. The van der Waals surface area contributed by atoms with Gasteiger partial charge in [0.1, 0.15) is 5.82 Å². The molecule has 0 amide bonds. The van der Waals surface area contributed by atoms with Crippen LogP contribution in [0, 0.1) is 5.41 Å². The van der Waals surface area contributed by atoms with Crippen LogP contribution in [-0.2, 0) is 0 Å². The Hall–Kier alpha value is -1.46. The van der Waals surface area contributed by atoms with Crippen molar-refractivity contribution in [2.45, 2.75) is 32.1 Å². The van der Waals surface area contributed by atoms with Gasteiger partial charge in [0.25, 0.3) is 0 Å². The van der Waals surface area contributed by atoms with Crippen molar-refractivity contribution >= 4 is 5.65 Å². The van der Waals surface area contributed by atoms with E-state index in [2.05, 4.69) is 44.0 Å². The summed E-state index contributed by atoms with van der Waals surface area (Å²) in [7, 11) is 0. The monoisotopic (exact) mass is 299 g/mol. The van der Waals surface area contributed by atoms with Gasteiger partial charge in [-0.05, 0) is 56.4 Å². The van der Waals surface area contributed by atoms with Gasteiger partial charge >= 0.3 is 0 Å². The number of hydrogen-bond donors (Lipinski definition) is 1. The fraction of sp³-hybridized carbons (Fsp3) is 0.647. The third-order valence-corrected chi connectivity index (χ3v) is 5.36. The molecule has 0 aliphatic carbocycles. The number of aromatic nitrogens is 3. The molecule has 1 N–H and O–H groups in total. The molecule has 22 heavy (non-hydrogen) atoms. The van der Waals surface area contributed by atoms with Crippen molar-refractivity contribution in [1.82, 2.24) is 24.8 Å². The number of piperidine rings is 1. The van der Waals surface area contributed by atoms with Crippen LogP contribution in [0.2, 0.25) is 0 Å². The number of likely N-dealkylation sites (tertiary alicyclic amines) is 1. The van der Waals surface area contributed by atoms with Crippen molar-refractivity contribution in [3.8, 4) is 0 Å². The molecule has 2 saturated heterocycles. The molecule has 4 heterocycles. The molecule has 1 atom stereocenters. The van der Waals surface area contributed by atoms with Crippen LogP contribution in [0.4, 0.5) is 0 Å². The molecular weight excluding hydrogens is 274 g/mol. The Kier molecular flexibility index (Phi) is 3.62. The van der Waals surface area contributed by atoms with Crippen molar-refractivity contribution < 1.29 is 0 Å². The van der Waals surface area contributed by atoms with E-state index in [0.29, 0.717) is 11.3 Å². The van der Waals surface area contributed by atoms with Gasteiger partial charge in [0.15, 0.2) is 5.65 Å². The Bertz CT molecular complexity index is 635. The molecule has 0 aromatic carbocycles. The lowest BCUT2D eigenvalue weighted by molar-refractivity contribution is 0.142. The van der Waals surface area contributed by atoms with E-state index in [1.54, 1.807) is 0 Å². The Morgan fingerprint density at radius 1 is 1.27 bits per heavy atom. The molecule has 2 aliphatic heterocycles. The number of rotatable bonds is 3. The number of nitrogens with zero attached hydrogens (tertiary/aromatic N) is 4. The Morgan fingerprint density at radius 2 is 2.14 bits per heavy atom. The minimum Gasteiger partial charge on any atom is -0.316 e. The maximum absolute atomic E-state index is 4.45. The summed E-state index contributed by atoms with van der Waals surface area (Å²) in [6.45, 7) is 8.36. The zero-order chi connectivity index (χ0) is 15.0. The summed E-state index contributed by atoms with van der Waals surface area (Å²) in [6.07, 6.45) is 5.78. The molecule has 2 fully saturated rings. The Balaban J connectivity index is 1.41. The molecule has 4 rings (SSSR count). The molecule has 0 saturated carbocycles. The van der Waals surface area contributed by atoms with Gasteiger partial charge in [-0.15, -0.1) is 10.2 Å². The SMILES string of the molecule is CC1(CN2CCC(c3nnc4ccccn34)CC2)CCNC1. The van der Waals surface area contributed by atoms with Crippen LogP contribution in [0.5, 0.6) is 0 Å². The van der Waals surface area contributed by atoms with Gasteiger partial charge in [-0.2, -0.15) is 0 Å². The topological polar surface area (TPSA) is 45.5 Å². The van der Waals surface area contributed by atoms with E-state index < -0.39 is 0 Å². The third-order valence-electron chi connectivity index (χ3n) is 5.36. The quantitative estimate of drug-likeness (QED) is 0.940. The van der Waals surface area contributed by atoms with Gasteiger partial charge in [-0.1, -0.05) is 13.0 Å². The molecular formula is C17H25N5. The first-order valence-corrected chi connectivity index (χ1v) is 8.46. The molecule has 1 unspecified atom stereocenters. The first-order chi connectivity index (χ1) is 10.7. The number of hydrogen-bond acceptors (Lipinski definition) is 4. The normalized spacial score (nSPS) is 27.7. The minimum absolute atomic E-state index is 0.467. The van der Waals surface area contributed by atoms with Gasteiger partial charge in [0.05, 0.1) is 0 Å². The van der Waals surface area contributed by atoms with Crippen LogP contribution in [0.1, 0.15) is 37.9 Å². The van der Waals surface area contributed by atoms with Crippen molar-refractivity contribution in [3.05, 3.63) is 30.2 Å². The predicted octanol–water partition coefficient (Wildman–Crippen LogP) is 1.91. The molecule has 2 aliphatic rings. The molecule has 118 valence electrons. The lowest BCUT2D eigenvalue weighted by Gasteiger charge is -2.36. The van der Waals surface area contributed by atoms with Gasteiger partial charge in [0.2, 0.25) is 0 Å². The highest BCUT2D eigenvalue weighted by Crippen LogP contribution is 2.31. The second kappa shape index (κ2) is 5.63. The van der Waals surface area contributed by atoms with Gasteiger partial charge < -0.3 is 10.2 Å². The smallest absolute Gasteiger partial charge is 0.160 e. The first kappa shape index (κ1) is 14.2. The van der Waals surface area contributed by atoms with E-state index in [0.717, 1.165) is 11.5 Å². The lowest BCUT2D eigenvalue weighted by Crippen LogP contribution is -2.41. The third kappa shape index (κ3) is 2.63. The highest BCUT2D eigenvalue weighted by Gasteiger charge is 2.33. The van der Waals surface area contributed by atoms with Crippen LogP contribution < -0.4 is 5.32 Å². The maximum atomic E-state index is 4.45. The minimum atomic E-state index is 0.467. The lowest BCUT2D eigenvalue weighted by atomic mass is 9.87. The Morgan fingerprint density at radius 3 is 2.91 bits per heavy atom. The molecule has 2 aromatic rings. The van der Waals surface area contributed by atoms with E-state index in [-0.39, 0.29) is 0 Å². The molecule has 0 radical (unpaired) electrons. The Labute approximate surface area is 131 Å². The summed E-state index contributed by atoms with van der Waals surface area (Å²) >= 11 is 0. The van der Waals surface area contributed by atoms with E-state index in [1.807, 2.05) is 12.1 Å². The van der Waals surface area contributed by atoms with E-state index in [4.69, 9.17) is 0 Å². The average molecular weight is 299 g/mol. The molecule has 0 spiro atoms. The average Bonchev–Trinajstić information content (AvgIpc) is 3.15. The molecule has 5 heteroatoms. The summed E-state index contributed by atoms with van der Waals surface area (Å²) in [4.78, 5) is 2.65. The van der Waals surface area contributed by atoms with Crippen molar-refractivity contribution in [3.63, 3.8) is 0 Å². The van der Waals surface area contributed by atoms with E-state index in [9.17, 15) is 0 Å². The fourth-order valence-electron chi connectivity index (χ4n) is 4.03. The van der Waals surface area contributed by atoms with Crippen LogP contribution >= 0.6 is 0 Å². The maximum Gasteiger partial charge on any atom is 0.160 e. The highest BCUT2D eigenvalue weighted by molar-refractivity contribution is 5.37. The predicted molar refractivity (Wildman–Crippen MR) is 87.0 cm³/mol. The number of pyridine rings is 1. The van der Waals surface area contributed by atoms with Gasteiger partial charge in [-0.25, -0.2) is 0 Å². The highest BCUT2D eigenvalue weighted by atomic mass is 15.3. The van der Waals surface area contributed by atoms with Crippen molar-refractivity contribution in [2.24, 2.45) is 5.41 Å². The van der Waals surface area contributed by atoms with Crippen molar-refractivity contribution in [1.29, 1.82) is 0 Å². The molecule has 0 bridgehead atoms. The molecule has 5 nitrogen and oxygen atoms in total. The van der Waals surface area contributed by atoms with Gasteiger partial charge in [-0.3, -0.25) is 4.40 Å². The number of fused-ring (bicyclic) bond motifs is 1. The summed E-state index contributed by atoms with van der Waals surface area (Å²) in [5.74, 6) is 1.69. The fourth-order valence-corrected chi connectivity index (χ4v) is 4.03. The standard InChI is InChI=1S/C17H25N5/c1-17(7-8-18-12-17)13-21-10-5-14(6-11-21)16-20-19-15-4-2-3-9-22(15)16/h2-4,9,14,18H,5-8,10-13H2,1H3. The van der Waals surface area contributed by atoms with Crippen LogP contribution in [0.15, 0.2) is 24.4 Å². The summed E-state index contributed by atoms with van der Waals surface area (Å²) in [5.41, 5.74) is 1.43. The van der Waals surface area contributed by atoms with E-state index in [1.165, 1.54) is 52.0 Å². The second-order valence-corrected chi connectivity index (χ2v) is 7.27. The van der Waals surface area contributed by atoms with Crippen LogP contribution in [0.3, 0.4) is 0 Å². The number of nitrogens with one attached hydrogen (secondary N) is 1. The van der Waals surface area contributed by atoms with Crippen LogP contribution in [0.25, 0.3) is 5.65 Å². The van der Waals surface area contributed by atoms with E-state index >= 15 is 0 Å². The zero-order valence-electron chi connectivity index (χ0n) is 13.3. The van der Waals surface area contributed by atoms with Crippen LogP contribution in [-0.4, -0.2) is 52.2 Å². The van der Waals surface area contributed by atoms with Crippen molar-refractivity contribution in [2.75, 3.05) is 32.7 Å².